The second kappa shape index (κ2) is 8.76. The fourth-order valence-corrected chi connectivity index (χ4v) is 3.12. The number of ether oxygens (including phenoxy) is 1. The summed E-state index contributed by atoms with van der Waals surface area (Å²) < 4.78 is 6.96. The van der Waals surface area contributed by atoms with Crippen LogP contribution in [0.15, 0.2) is 67.0 Å². The van der Waals surface area contributed by atoms with Crippen LogP contribution in [0, 0.1) is 0 Å². The summed E-state index contributed by atoms with van der Waals surface area (Å²) in [7, 11) is 0. The van der Waals surface area contributed by atoms with E-state index in [1.807, 2.05) is 42.6 Å². The number of halogens is 1. The van der Waals surface area contributed by atoms with Crippen molar-refractivity contribution in [1.29, 1.82) is 0 Å². The highest BCUT2D eigenvalue weighted by atomic mass is 35.5. The lowest BCUT2D eigenvalue weighted by Crippen LogP contribution is -2.27. The van der Waals surface area contributed by atoms with Crippen LogP contribution in [-0.4, -0.2) is 36.7 Å². The van der Waals surface area contributed by atoms with E-state index in [4.69, 9.17) is 21.4 Å². The standard InChI is InChI=1S/C23H21ClN6O2/c1-23(2,3)32-22(31)26-19-13-16(11-12-25-19)17-14-30(20-10-9-18(24)27-28-20)29-21(17)15-7-5-4-6-8-15/h4-14H,1-3H3,(H,25,26,31). The fraction of sp³-hybridized carbons (Fsp3) is 0.174. The molecule has 0 aliphatic rings. The Morgan fingerprint density at radius 2 is 1.81 bits per heavy atom. The molecule has 0 aliphatic carbocycles. The minimum atomic E-state index is -0.608. The molecule has 0 atom stereocenters. The number of hydrogen-bond donors (Lipinski definition) is 1. The first-order chi connectivity index (χ1) is 15.3. The molecule has 4 rings (SSSR count). The molecule has 32 heavy (non-hydrogen) atoms. The highest BCUT2D eigenvalue weighted by Gasteiger charge is 2.18. The molecule has 0 aliphatic heterocycles. The van der Waals surface area contributed by atoms with E-state index in [0.717, 1.165) is 22.4 Å². The largest absolute Gasteiger partial charge is 0.444 e. The maximum atomic E-state index is 12.2. The van der Waals surface area contributed by atoms with Gasteiger partial charge in [0.15, 0.2) is 11.0 Å². The van der Waals surface area contributed by atoms with Gasteiger partial charge in [-0.05, 0) is 50.6 Å². The molecule has 0 bridgehead atoms. The lowest BCUT2D eigenvalue weighted by atomic mass is 10.0. The molecule has 9 heteroatoms. The van der Waals surface area contributed by atoms with Crippen LogP contribution in [0.2, 0.25) is 5.15 Å². The molecule has 8 nitrogen and oxygen atoms in total. The predicted octanol–water partition coefficient (Wildman–Crippen LogP) is 5.39. The van der Waals surface area contributed by atoms with Gasteiger partial charge in [-0.2, -0.15) is 5.10 Å². The second-order valence-electron chi connectivity index (χ2n) is 7.97. The summed E-state index contributed by atoms with van der Waals surface area (Å²) in [5.41, 5.74) is 2.72. The Morgan fingerprint density at radius 3 is 2.50 bits per heavy atom. The van der Waals surface area contributed by atoms with Gasteiger partial charge in [0.05, 0.1) is 0 Å². The first kappa shape index (κ1) is 21.5. The van der Waals surface area contributed by atoms with Crippen molar-refractivity contribution in [3.05, 3.63) is 72.1 Å². The maximum absolute atomic E-state index is 12.2. The number of hydrogen-bond acceptors (Lipinski definition) is 6. The number of nitrogens with one attached hydrogen (secondary N) is 1. The fourth-order valence-electron chi connectivity index (χ4n) is 3.02. The Balaban J connectivity index is 1.74. The van der Waals surface area contributed by atoms with Gasteiger partial charge in [0.2, 0.25) is 0 Å². The van der Waals surface area contributed by atoms with Crippen molar-refractivity contribution in [3.8, 4) is 28.2 Å². The van der Waals surface area contributed by atoms with E-state index in [0.29, 0.717) is 16.8 Å². The van der Waals surface area contributed by atoms with Crippen LogP contribution in [0.3, 0.4) is 0 Å². The summed E-state index contributed by atoms with van der Waals surface area (Å²) in [6, 6.07) is 16.8. The number of carbonyl (C=O) groups is 1. The zero-order valence-corrected chi connectivity index (χ0v) is 18.5. The van der Waals surface area contributed by atoms with Gasteiger partial charge >= 0.3 is 6.09 Å². The maximum Gasteiger partial charge on any atom is 0.413 e. The summed E-state index contributed by atoms with van der Waals surface area (Å²) in [6.07, 6.45) is 2.90. The molecule has 1 N–H and O–H groups in total. The minimum Gasteiger partial charge on any atom is -0.444 e. The number of anilines is 1. The van der Waals surface area contributed by atoms with Gasteiger partial charge in [0.1, 0.15) is 17.1 Å². The average molecular weight is 449 g/mol. The second-order valence-corrected chi connectivity index (χ2v) is 8.36. The lowest BCUT2D eigenvalue weighted by Gasteiger charge is -2.19. The van der Waals surface area contributed by atoms with Gasteiger partial charge in [0.25, 0.3) is 0 Å². The Morgan fingerprint density at radius 1 is 1.03 bits per heavy atom. The SMILES string of the molecule is CC(C)(C)OC(=O)Nc1cc(-c2cn(-c3ccc(Cl)nn3)nc2-c2ccccc2)ccn1. The number of rotatable bonds is 4. The normalized spacial score (nSPS) is 11.2. The van der Waals surface area contributed by atoms with Crippen LogP contribution < -0.4 is 5.32 Å². The predicted molar refractivity (Wildman–Crippen MR) is 123 cm³/mol. The number of aromatic nitrogens is 5. The lowest BCUT2D eigenvalue weighted by molar-refractivity contribution is 0.0635. The highest BCUT2D eigenvalue weighted by molar-refractivity contribution is 6.29. The molecule has 0 saturated carbocycles. The third kappa shape index (κ3) is 5.09. The molecule has 162 valence electrons. The Labute approximate surface area is 190 Å². The summed E-state index contributed by atoms with van der Waals surface area (Å²) in [6.45, 7) is 5.41. The van der Waals surface area contributed by atoms with Crippen LogP contribution >= 0.6 is 11.6 Å². The quantitative estimate of drug-likeness (QED) is 0.449. The molecule has 4 aromatic rings. The number of benzene rings is 1. The smallest absolute Gasteiger partial charge is 0.413 e. The van der Waals surface area contributed by atoms with Gasteiger partial charge in [-0.1, -0.05) is 41.9 Å². The molecule has 0 radical (unpaired) electrons. The van der Waals surface area contributed by atoms with E-state index in [2.05, 4.69) is 20.5 Å². The highest BCUT2D eigenvalue weighted by Crippen LogP contribution is 2.32. The van der Waals surface area contributed by atoms with Crippen molar-refractivity contribution in [1.82, 2.24) is 25.0 Å². The van der Waals surface area contributed by atoms with Gasteiger partial charge in [-0.3, -0.25) is 5.32 Å². The molecule has 0 saturated heterocycles. The van der Waals surface area contributed by atoms with Crippen LogP contribution in [0.25, 0.3) is 28.2 Å². The van der Waals surface area contributed by atoms with Gasteiger partial charge < -0.3 is 4.74 Å². The molecule has 0 unspecified atom stereocenters. The van der Waals surface area contributed by atoms with E-state index in [1.54, 1.807) is 49.8 Å². The van der Waals surface area contributed by atoms with E-state index in [1.165, 1.54) is 0 Å². The number of carbonyl (C=O) groups excluding carboxylic acids is 1. The number of nitrogens with zero attached hydrogens (tertiary/aromatic N) is 5. The first-order valence-corrected chi connectivity index (χ1v) is 10.3. The van der Waals surface area contributed by atoms with Gasteiger partial charge in [0, 0.05) is 23.5 Å². The molecule has 0 fully saturated rings. The van der Waals surface area contributed by atoms with E-state index in [9.17, 15) is 4.79 Å². The summed E-state index contributed by atoms with van der Waals surface area (Å²) in [5.74, 6) is 0.897. The van der Waals surface area contributed by atoms with Crippen molar-refractivity contribution in [2.24, 2.45) is 0 Å². The van der Waals surface area contributed by atoms with Gasteiger partial charge in [-0.25, -0.2) is 14.5 Å². The van der Waals surface area contributed by atoms with Crippen molar-refractivity contribution >= 4 is 23.5 Å². The van der Waals surface area contributed by atoms with Crippen LogP contribution in [-0.2, 0) is 4.74 Å². The summed E-state index contributed by atoms with van der Waals surface area (Å²) in [4.78, 5) is 16.4. The van der Waals surface area contributed by atoms with Crippen LogP contribution in [0.4, 0.5) is 10.6 Å². The van der Waals surface area contributed by atoms with Crippen LogP contribution in [0.1, 0.15) is 20.8 Å². The third-order valence-electron chi connectivity index (χ3n) is 4.31. The van der Waals surface area contributed by atoms with Crippen molar-refractivity contribution < 1.29 is 9.53 Å². The zero-order valence-electron chi connectivity index (χ0n) is 17.8. The zero-order chi connectivity index (χ0) is 22.7. The minimum absolute atomic E-state index is 0.302. The first-order valence-electron chi connectivity index (χ1n) is 9.90. The Hall–Kier alpha value is -3.78. The molecule has 1 aromatic carbocycles. The average Bonchev–Trinajstić information content (AvgIpc) is 3.19. The third-order valence-corrected chi connectivity index (χ3v) is 4.52. The molecule has 3 aromatic heterocycles. The Kier molecular flexibility index (Phi) is 5.87. The van der Waals surface area contributed by atoms with E-state index >= 15 is 0 Å². The molecular weight excluding hydrogens is 428 g/mol. The van der Waals surface area contributed by atoms with Crippen molar-refractivity contribution in [2.45, 2.75) is 26.4 Å². The molecular formula is C23H21ClN6O2. The molecule has 1 amide bonds. The number of amides is 1. The van der Waals surface area contributed by atoms with Crippen molar-refractivity contribution in [3.63, 3.8) is 0 Å². The van der Waals surface area contributed by atoms with E-state index in [-0.39, 0.29) is 0 Å². The topological polar surface area (TPSA) is 94.8 Å². The Bertz CT molecular complexity index is 1230. The summed E-state index contributed by atoms with van der Waals surface area (Å²) in [5, 5.41) is 15.7. The van der Waals surface area contributed by atoms with Crippen LogP contribution in [0.5, 0.6) is 0 Å². The monoisotopic (exact) mass is 448 g/mol. The molecule has 0 spiro atoms. The summed E-state index contributed by atoms with van der Waals surface area (Å²) >= 11 is 5.87. The van der Waals surface area contributed by atoms with Crippen molar-refractivity contribution in [2.75, 3.05) is 5.32 Å². The van der Waals surface area contributed by atoms with Gasteiger partial charge in [-0.15, -0.1) is 10.2 Å². The molecule has 3 heterocycles. The number of pyridine rings is 1. The van der Waals surface area contributed by atoms with E-state index < -0.39 is 11.7 Å².